The molecule has 1 rings (SSSR count). The van der Waals surface area contributed by atoms with Gasteiger partial charge in [0, 0.05) is 0 Å². The number of hydrogen-bond donors (Lipinski definition) is 0. The van der Waals surface area contributed by atoms with E-state index in [2.05, 4.69) is 62.3 Å². The van der Waals surface area contributed by atoms with E-state index >= 15 is 0 Å². The third-order valence-corrected chi connectivity index (χ3v) is 5.79. The lowest BCUT2D eigenvalue weighted by Crippen LogP contribution is -2.49. The molecule has 1 unspecified atom stereocenters. The highest BCUT2D eigenvalue weighted by Crippen LogP contribution is 2.49. The molecule has 1 atom stereocenters. The maximum Gasteiger partial charge on any atom is 0.312 e. The Morgan fingerprint density at radius 1 is 1.00 bits per heavy atom. The zero-order valence-corrected chi connectivity index (χ0v) is 16.4. The van der Waals surface area contributed by atoms with Crippen molar-refractivity contribution in [1.82, 2.24) is 0 Å². The largest absolute Gasteiger partial charge is 0.458 e. The summed E-state index contributed by atoms with van der Waals surface area (Å²) in [6, 6.07) is 0. The molecule has 0 spiro atoms. The average molecular weight is 311 g/mol. The van der Waals surface area contributed by atoms with Crippen LogP contribution in [0.4, 0.5) is 0 Å². The van der Waals surface area contributed by atoms with E-state index < -0.39 is 5.41 Å². The molecule has 0 aromatic carbocycles. The highest BCUT2D eigenvalue weighted by Gasteiger charge is 2.51. The van der Waals surface area contributed by atoms with Gasteiger partial charge in [0.1, 0.15) is 5.60 Å². The van der Waals surface area contributed by atoms with Gasteiger partial charge < -0.3 is 4.74 Å². The summed E-state index contributed by atoms with van der Waals surface area (Å²) in [4.78, 5) is 13.2. The number of carbonyl (C=O) groups excluding carboxylic acids is 1. The van der Waals surface area contributed by atoms with E-state index in [1.54, 1.807) is 0 Å². The molecule has 22 heavy (non-hydrogen) atoms. The second kappa shape index (κ2) is 6.17. The molecule has 0 saturated heterocycles. The first-order valence-electron chi connectivity index (χ1n) is 8.97. The number of hydrogen-bond acceptors (Lipinski definition) is 2. The van der Waals surface area contributed by atoms with Crippen molar-refractivity contribution < 1.29 is 9.53 Å². The SMILES string of the molecule is CC(C)C1(OC(=O)C(C)(CC(C)(C)C)C(C)(C)C)CCCC1. The number of carbonyl (C=O) groups is 1. The van der Waals surface area contributed by atoms with Crippen LogP contribution in [0.25, 0.3) is 0 Å². The summed E-state index contributed by atoms with van der Waals surface area (Å²) in [5.74, 6) is 0.392. The quantitative estimate of drug-likeness (QED) is 0.596. The van der Waals surface area contributed by atoms with Gasteiger partial charge in [-0.2, -0.15) is 0 Å². The molecule has 1 saturated carbocycles. The van der Waals surface area contributed by atoms with Crippen LogP contribution in [0.2, 0.25) is 0 Å². The van der Waals surface area contributed by atoms with Gasteiger partial charge in [0.2, 0.25) is 0 Å². The third-order valence-electron chi connectivity index (χ3n) is 5.79. The Bertz CT molecular complexity index is 389. The molecule has 0 N–H and O–H groups in total. The molecular formula is C20H38O2. The molecule has 1 fully saturated rings. The third kappa shape index (κ3) is 4.06. The zero-order chi connectivity index (χ0) is 17.4. The fourth-order valence-electron chi connectivity index (χ4n) is 3.77. The minimum Gasteiger partial charge on any atom is -0.458 e. The van der Waals surface area contributed by atoms with Gasteiger partial charge in [-0.1, -0.05) is 55.4 Å². The Labute approximate surface area is 138 Å². The smallest absolute Gasteiger partial charge is 0.312 e. The van der Waals surface area contributed by atoms with Gasteiger partial charge in [-0.3, -0.25) is 4.79 Å². The van der Waals surface area contributed by atoms with Crippen LogP contribution in [0.5, 0.6) is 0 Å². The zero-order valence-electron chi connectivity index (χ0n) is 16.4. The van der Waals surface area contributed by atoms with Crippen LogP contribution in [0, 0.1) is 22.2 Å². The fourth-order valence-corrected chi connectivity index (χ4v) is 3.77. The van der Waals surface area contributed by atoms with Crippen molar-refractivity contribution in [1.29, 1.82) is 0 Å². The van der Waals surface area contributed by atoms with Crippen LogP contribution in [-0.2, 0) is 9.53 Å². The second-order valence-corrected chi connectivity index (χ2v) is 10.1. The summed E-state index contributed by atoms with van der Waals surface area (Å²) in [6.45, 7) is 19.6. The standard InChI is InChI=1S/C20H38O2/c1-15(2)20(12-10-11-13-20)22-16(21)19(9,18(6,7)8)14-17(3,4)5/h15H,10-14H2,1-9H3. The van der Waals surface area contributed by atoms with Gasteiger partial charge in [-0.25, -0.2) is 0 Å². The van der Waals surface area contributed by atoms with Crippen LogP contribution in [0.3, 0.4) is 0 Å². The average Bonchev–Trinajstić information content (AvgIpc) is 2.74. The van der Waals surface area contributed by atoms with Gasteiger partial charge in [-0.05, 0) is 55.8 Å². The molecule has 2 nitrogen and oxygen atoms in total. The molecule has 0 bridgehead atoms. The van der Waals surface area contributed by atoms with E-state index in [9.17, 15) is 4.79 Å². The number of esters is 1. The molecule has 0 amide bonds. The molecule has 130 valence electrons. The molecular weight excluding hydrogens is 272 g/mol. The summed E-state index contributed by atoms with van der Waals surface area (Å²) >= 11 is 0. The van der Waals surface area contributed by atoms with E-state index in [1.165, 1.54) is 12.8 Å². The Kier molecular flexibility index (Phi) is 5.47. The summed E-state index contributed by atoms with van der Waals surface area (Å²) in [5.41, 5.74) is -0.715. The van der Waals surface area contributed by atoms with Crippen LogP contribution in [-0.4, -0.2) is 11.6 Å². The Hall–Kier alpha value is -0.530. The molecule has 0 aliphatic heterocycles. The first-order valence-corrected chi connectivity index (χ1v) is 8.97. The van der Waals surface area contributed by atoms with Crippen molar-refractivity contribution in [2.24, 2.45) is 22.2 Å². The van der Waals surface area contributed by atoms with Gasteiger partial charge in [0.25, 0.3) is 0 Å². The highest BCUT2D eigenvalue weighted by atomic mass is 16.6. The topological polar surface area (TPSA) is 26.3 Å². The van der Waals surface area contributed by atoms with Crippen LogP contribution >= 0.6 is 0 Å². The Morgan fingerprint density at radius 2 is 1.45 bits per heavy atom. The van der Waals surface area contributed by atoms with E-state index in [4.69, 9.17) is 4.74 Å². The normalized spacial score (nSPS) is 21.7. The molecule has 0 radical (unpaired) electrons. The van der Waals surface area contributed by atoms with Gasteiger partial charge in [0.15, 0.2) is 0 Å². The summed E-state index contributed by atoms with van der Waals surface area (Å²) < 4.78 is 6.26. The van der Waals surface area contributed by atoms with Crippen molar-refractivity contribution in [3.63, 3.8) is 0 Å². The molecule has 0 heterocycles. The summed E-state index contributed by atoms with van der Waals surface area (Å²) in [5, 5.41) is 0. The fraction of sp³-hybridized carbons (Fsp3) is 0.950. The van der Waals surface area contributed by atoms with E-state index in [-0.39, 0.29) is 22.4 Å². The first kappa shape index (κ1) is 19.5. The number of rotatable bonds is 4. The van der Waals surface area contributed by atoms with Gasteiger partial charge in [0.05, 0.1) is 5.41 Å². The summed E-state index contributed by atoms with van der Waals surface area (Å²) in [6.07, 6.45) is 5.24. The molecule has 0 aromatic heterocycles. The minimum atomic E-state index is -0.463. The van der Waals surface area contributed by atoms with Crippen molar-refractivity contribution >= 4 is 5.97 Å². The summed E-state index contributed by atoms with van der Waals surface area (Å²) in [7, 11) is 0. The lowest BCUT2D eigenvalue weighted by Gasteiger charge is -2.46. The van der Waals surface area contributed by atoms with Crippen LogP contribution in [0.15, 0.2) is 0 Å². The molecule has 1 aliphatic rings. The maximum absolute atomic E-state index is 13.2. The van der Waals surface area contributed by atoms with Crippen molar-refractivity contribution in [2.45, 2.75) is 100 Å². The second-order valence-electron chi connectivity index (χ2n) is 10.1. The predicted octanol–water partition coefficient (Wildman–Crippen LogP) is 5.99. The van der Waals surface area contributed by atoms with E-state index in [0.29, 0.717) is 5.92 Å². The van der Waals surface area contributed by atoms with Crippen molar-refractivity contribution in [3.8, 4) is 0 Å². The lowest BCUT2D eigenvalue weighted by molar-refractivity contribution is -0.185. The van der Waals surface area contributed by atoms with Crippen LogP contribution in [0.1, 0.15) is 94.4 Å². The number of ether oxygens (including phenoxy) is 1. The van der Waals surface area contributed by atoms with E-state index in [1.807, 2.05) is 0 Å². The Morgan fingerprint density at radius 3 is 1.77 bits per heavy atom. The van der Waals surface area contributed by atoms with E-state index in [0.717, 1.165) is 19.3 Å². The maximum atomic E-state index is 13.2. The minimum absolute atomic E-state index is 0.00512. The molecule has 2 heteroatoms. The first-order chi connectivity index (χ1) is 9.74. The Balaban J connectivity index is 3.08. The van der Waals surface area contributed by atoms with Crippen LogP contribution < -0.4 is 0 Å². The molecule has 1 aliphatic carbocycles. The van der Waals surface area contributed by atoms with Gasteiger partial charge in [-0.15, -0.1) is 0 Å². The van der Waals surface area contributed by atoms with Crippen molar-refractivity contribution in [3.05, 3.63) is 0 Å². The molecule has 0 aromatic rings. The predicted molar refractivity (Wildman–Crippen MR) is 93.8 cm³/mol. The van der Waals surface area contributed by atoms with Gasteiger partial charge >= 0.3 is 5.97 Å². The lowest BCUT2D eigenvalue weighted by atomic mass is 9.61. The monoisotopic (exact) mass is 310 g/mol. The van der Waals surface area contributed by atoms with Crippen molar-refractivity contribution in [2.75, 3.05) is 0 Å². The highest BCUT2D eigenvalue weighted by molar-refractivity contribution is 5.78.